The monoisotopic (exact) mass is 285 g/mol. The first-order valence-corrected chi connectivity index (χ1v) is 6.05. The smallest absolute Gasteiger partial charge is 0.291 e. The lowest BCUT2D eigenvalue weighted by atomic mass is 10.1. The second kappa shape index (κ2) is 5.81. The maximum absolute atomic E-state index is 12.3. The highest BCUT2D eigenvalue weighted by molar-refractivity contribution is 7.15. The molecular weight excluding hydrogens is 276 g/mol. The summed E-state index contributed by atoms with van der Waals surface area (Å²) in [4.78, 5) is 11.7. The Balaban J connectivity index is 2.04. The van der Waals surface area contributed by atoms with E-state index in [1.165, 1.54) is 0 Å². The summed E-state index contributed by atoms with van der Waals surface area (Å²) in [6.07, 6.45) is -4.12. The lowest BCUT2D eigenvalue weighted by Gasteiger charge is -2.09. The van der Waals surface area contributed by atoms with Gasteiger partial charge in [-0.1, -0.05) is 41.7 Å². The maximum Gasteiger partial charge on any atom is 0.291 e. The largest absolute Gasteiger partial charge is 0.378 e. The van der Waals surface area contributed by atoms with Crippen molar-refractivity contribution in [3.63, 3.8) is 0 Å². The van der Waals surface area contributed by atoms with E-state index in [1.807, 2.05) is 0 Å². The molecule has 0 aliphatic rings. The summed E-state index contributed by atoms with van der Waals surface area (Å²) in [5, 5.41) is 18.1. The van der Waals surface area contributed by atoms with Gasteiger partial charge in [0.1, 0.15) is 0 Å². The van der Waals surface area contributed by atoms with Crippen molar-refractivity contribution in [2.75, 3.05) is 5.32 Å². The number of hydrogen-bond donors (Lipinski definition) is 2. The van der Waals surface area contributed by atoms with Crippen molar-refractivity contribution >= 4 is 22.4 Å². The lowest BCUT2D eigenvalue weighted by molar-refractivity contribution is -0.124. The summed E-state index contributed by atoms with van der Waals surface area (Å²) in [6, 6.07) is 8.25. The van der Waals surface area contributed by atoms with Crippen LogP contribution in [-0.2, 0) is 4.79 Å². The average molecular weight is 285 g/mol. The van der Waals surface area contributed by atoms with Crippen molar-refractivity contribution in [2.24, 2.45) is 0 Å². The molecule has 0 spiro atoms. The van der Waals surface area contributed by atoms with Gasteiger partial charge >= 0.3 is 0 Å². The first-order valence-electron chi connectivity index (χ1n) is 5.23. The van der Waals surface area contributed by atoms with Gasteiger partial charge in [-0.25, -0.2) is 8.78 Å². The lowest BCUT2D eigenvalue weighted by Crippen LogP contribution is -2.20. The van der Waals surface area contributed by atoms with Crippen LogP contribution >= 0.6 is 11.3 Å². The van der Waals surface area contributed by atoms with Crippen LogP contribution in [0.5, 0.6) is 0 Å². The Labute approximate surface area is 110 Å². The van der Waals surface area contributed by atoms with Crippen LogP contribution in [0.25, 0.3) is 0 Å². The van der Waals surface area contributed by atoms with Crippen LogP contribution in [0.15, 0.2) is 30.3 Å². The number of amides is 1. The SMILES string of the molecule is O=C(Nc1nnc(C(F)F)s1)C(O)c1ccccc1. The predicted molar refractivity (Wildman–Crippen MR) is 64.9 cm³/mol. The van der Waals surface area contributed by atoms with E-state index in [0.717, 1.165) is 0 Å². The number of hydrogen-bond acceptors (Lipinski definition) is 5. The Hall–Kier alpha value is -1.93. The number of rotatable bonds is 4. The molecule has 0 bridgehead atoms. The highest BCUT2D eigenvalue weighted by Crippen LogP contribution is 2.25. The van der Waals surface area contributed by atoms with Gasteiger partial charge in [0.25, 0.3) is 12.3 Å². The molecule has 1 unspecified atom stereocenters. The molecule has 1 aromatic carbocycles. The van der Waals surface area contributed by atoms with Crippen LogP contribution in [0, 0.1) is 0 Å². The van der Waals surface area contributed by atoms with E-state index in [9.17, 15) is 18.7 Å². The molecular formula is C11H9F2N3O2S. The summed E-state index contributed by atoms with van der Waals surface area (Å²) < 4.78 is 24.6. The predicted octanol–water partition coefficient (Wildman–Crippen LogP) is 2.15. The minimum Gasteiger partial charge on any atom is -0.378 e. The van der Waals surface area contributed by atoms with Crippen molar-refractivity contribution in [1.29, 1.82) is 0 Å². The second-order valence-electron chi connectivity index (χ2n) is 3.55. The molecule has 2 rings (SSSR count). The number of aliphatic hydroxyl groups is 1. The molecule has 1 heterocycles. The van der Waals surface area contributed by atoms with Crippen molar-refractivity contribution < 1.29 is 18.7 Å². The van der Waals surface area contributed by atoms with Crippen LogP contribution in [-0.4, -0.2) is 21.2 Å². The van der Waals surface area contributed by atoms with E-state index in [-0.39, 0.29) is 5.13 Å². The van der Waals surface area contributed by atoms with Crippen LogP contribution in [0.1, 0.15) is 23.1 Å². The maximum atomic E-state index is 12.3. The molecule has 8 heteroatoms. The molecule has 0 aliphatic carbocycles. The number of halogens is 2. The fourth-order valence-corrected chi connectivity index (χ4v) is 1.94. The Morgan fingerprint density at radius 2 is 1.95 bits per heavy atom. The number of aromatic nitrogens is 2. The van der Waals surface area contributed by atoms with Gasteiger partial charge in [-0.2, -0.15) is 0 Å². The van der Waals surface area contributed by atoms with E-state index in [1.54, 1.807) is 30.3 Å². The first-order chi connectivity index (χ1) is 9.08. The Kier molecular flexibility index (Phi) is 4.13. The molecule has 0 aliphatic heterocycles. The van der Waals surface area contributed by atoms with Crippen LogP contribution in [0.3, 0.4) is 0 Å². The molecule has 19 heavy (non-hydrogen) atoms. The number of carbonyl (C=O) groups excluding carboxylic acids is 1. The van der Waals surface area contributed by atoms with E-state index in [0.29, 0.717) is 16.9 Å². The summed E-state index contributed by atoms with van der Waals surface area (Å²) in [5.74, 6) is -0.747. The number of anilines is 1. The van der Waals surface area contributed by atoms with Gasteiger partial charge in [0, 0.05) is 0 Å². The molecule has 2 N–H and O–H groups in total. The topological polar surface area (TPSA) is 75.1 Å². The molecule has 0 saturated carbocycles. The van der Waals surface area contributed by atoms with Crippen molar-refractivity contribution in [3.05, 3.63) is 40.9 Å². The number of nitrogens with one attached hydrogen (secondary N) is 1. The third-order valence-electron chi connectivity index (χ3n) is 2.22. The molecule has 100 valence electrons. The number of carbonyl (C=O) groups is 1. The van der Waals surface area contributed by atoms with Crippen molar-refractivity contribution in [3.8, 4) is 0 Å². The van der Waals surface area contributed by atoms with E-state index in [2.05, 4.69) is 15.5 Å². The number of nitrogens with zero attached hydrogens (tertiary/aromatic N) is 2. The van der Waals surface area contributed by atoms with Gasteiger partial charge in [-0.3, -0.25) is 10.1 Å². The highest BCUT2D eigenvalue weighted by atomic mass is 32.1. The molecule has 1 amide bonds. The van der Waals surface area contributed by atoms with Crippen LogP contribution < -0.4 is 5.32 Å². The van der Waals surface area contributed by atoms with Crippen LogP contribution in [0.2, 0.25) is 0 Å². The van der Waals surface area contributed by atoms with Gasteiger partial charge in [-0.15, -0.1) is 10.2 Å². The second-order valence-corrected chi connectivity index (χ2v) is 4.56. The Morgan fingerprint density at radius 3 is 2.53 bits per heavy atom. The summed E-state index contributed by atoms with van der Waals surface area (Å²) >= 11 is 0.567. The molecule has 5 nitrogen and oxygen atoms in total. The number of benzene rings is 1. The van der Waals surface area contributed by atoms with E-state index >= 15 is 0 Å². The first kappa shape index (κ1) is 13.5. The van der Waals surface area contributed by atoms with Crippen molar-refractivity contribution in [2.45, 2.75) is 12.5 Å². The molecule has 2 aromatic rings. The van der Waals surface area contributed by atoms with E-state index < -0.39 is 23.4 Å². The number of aliphatic hydroxyl groups excluding tert-OH is 1. The molecule has 0 radical (unpaired) electrons. The molecule has 1 aromatic heterocycles. The summed E-state index contributed by atoms with van der Waals surface area (Å²) in [6.45, 7) is 0. The molecule has 0 saturated heterocycles. The van der Waals surface area contributed by atoms with Crippen molar-refractivity contribution in [1.82, 2.24) is 10.2 Å². The van der Waals surface area contributed by atoms with Gasteiger partial charge in [0.2, 0.25) is 5.13 Å². The zero-order valence-electron chi connectivity index (χ0n) is 9.46. The van der Waals surface area contributed by atoms with Gasteiger partial charge in [0.05, 0.1) is 0 Å². The summed E-state index contributed by atoms with van der Waals surface area (Å²) in [7, 11) is 0. The van der Waals surface area contributed by atoms with Gasteiger partial charge in [0.15, 0.2) is 11.1 Å². The number of alkyl halides is 2. The average Bonchev–Trinajstić information content (AvgIpc) is 2.87. The van der Waals surface area contributed by atoms with Gasteiger partial charge < -0.3 is 5.11 Å². The van der Waals surface area contributed by atoms with Gasteiger partial charge in [-0.05, 0) is 5.56 Å². The minimum absolute atomic E-state index is 0.0738. The Morgan fingerprint density at radius 1 is 1.26 bits per heavy atom. The quantitative estimate of drug-likeness (QED) is 0.902. The minimum atomic E-state index is -2.73. The highest BCUT2D eigenvalue weighted by Gasteiger charge is 2.20. The fourth-order valence-electron chi connectivity index (χ4n) is 1.33. The van der Waals surface area contributed by atoms with E-state index in [4.69, 9.17) is 0 Å². The molecule has 1 atom stereocenters. The third kappa shape index (κ3) is 3.30. The van der Waals surface area contributed by atoms with Crippen LogP contribution in [0.4, 0.5) is 13.9 Å². The fraction of sp³-hybridized carbons (Fsp3) is 0.182. The zero-order chi connectivity index (χ0) is 13.8. The standard InChI is InChI=1S/C11H9F2N3O2S/c12-8(13)10-15-16-11(19-10)14-9(18)7(17)6-4-2-1-3-5-6/h1-5,7-8,17H,(H,14,16,18). The molecule has 0 fully saturated rings. The Bertz CT molecular complexity index is 562. The normalized spacial score (nSPS) is 12.4. The summed E-state index contributed by atoms with van der Waals surface area (Å²) in [5.41, 5.74) is 0.401. The zero-order valence-corrected chi connectivity index (χ0v) is 10.3. The third-order valence-corrected chi connectivity index (χ3v) is 3.07.